The Labute approximate surface area is 341 Å². The van der Waals surface area contributed by atoms with Gasteiger partial charge in [0.1, 0.15) is 0 Å². The van der Waals surface area contributed by atoms with E-state index in [1.165, 1.54) is 60.7 Å². The summed E-state index contributed by atoms with van der Waals surface area (Å²) in [5, 5.41) is 4.78. The number of thiol groups is 1. The first kappa shape index (κ1) is 40.0. The molecule has 1 aliphatic carbocycles. The van der Waals surface area contributed by atoms with Crippen LogP contribution in [-0.4, -0.2) is 0 Å². The molecule has 0 radical (unpaired) electrons. The van der Waals surface area contributed by atoms with Gasteiger partial charge in [0.15, 0.2) is 0 Å². The van der Waals surface area contributed by atoms with Crippen LogP contribution in [0.15, 0.2) is 198 Å². The Hall–Kier alpha value is -5.63. The van der Waals surface area contributed by atoms with Crippen LogP contribution in [-0.2, 0) is 5.41 Å². The third-order valence-corrected chi connectivity index (χ3v) is 11.5. The van der Waals surface area contributed by atoms with Gasteiger partial charge in [0.25, 0.3) is 0 Å². The Balaban J connectivity index is 1.43. The van der Waals surface area contributed by atoms with Crippen LogP contribution < -0.4 is 0 Å². The highest BCUT2D eigenvalue weighted by Gasteiger charge is 2.37. The Morgan fingerprint density at radius 2 is 1.29 bits per heavy atom. The third-order valence-electron chi connectivity index (χ3n) is 11.1. The quantitative estimate of drug-likeness (QED) is 0.113. The molecule has 0 saturated carbocycles. The van der Waals surface area contributed by atoms with Crippen molar-refractivity contribution in [1.29, 1.82) is 0 Å². The number of allylic oxidation sites excluding steroid dienone is 14. The SMILES string of the molecule is C=C(/C=C\C)/C(C)=C\C(=C)c1ccccccc(/C(C)=C/C(=C\C)C/C=C2\C(=C/C)C(C)(C)c3cc4cc(S)c(-c5ccccc5)cc4cc32)c2ccccc12. The van der Waals surface area contributed by atoms with Crippen LogP contribution in [0.3, 0.4) is 0 Å². The number of fused-ring (bicyclic) bond motifs is 3. The number of benzene rings is 4. The van der Waals surface area contributed by atoms with E-state index in [0.29, 0.717) is 0 Å². The van der Waals surface area contributed by atoms with Gasteiger partial charge in [0, 0.05) is 10.3 Å². The molecule has 0 aliphatic heterocycles. The molecule has 0 atom stereocenters. The predicted octanol–water partition coefficient (Wildman–Crippen LogP) is 16.2. The first-order valence-corrected chi connectivity index (χ1v) is 20.1. The topological polar surface area (TPSA) is 0 Å². The van der Waals surface area contributed by atoms with E-state index < -0.39 is 0 Å². The van der Waals surface area contributed by atoms with E-state index in [9.17, 15) is 0 Å². The van der Waals surface area contributed by atoms with Crippen molar-refractivity contribution in [3.8, 4) is 11.1 Å². The summed E-state index contributed by atoms with van der Waals surface area (Å²) in [6.45, 7) is 24.2. The molecule has 0 spiro atoms. The van der Waals surface area contributed by atoms with Gasteiger partial charge in [-0.1, -0.05) is 161 Å². The van der Waals surface area contributed by atoms with Crippen LogP contribution in [0.1, 0.15) is 77.1 Å². The lowest BCUT2D eigenvalue weighted by Gasteiger charge is -2.22. The van der Waals surface area contributed by atoms with Crippen molar-refractivity contribution in [1.82, 2.24) is 0 Å². The monoisotopic (exact) mass is 746 g/mol. The van der Waals surface area contributed by atoms with Gasteiger partial charge in [-0.25, -0.2) is 0 Å². The zero-order chi connectivity index (χ0) is 40.0. The van der Waals surface area contributed by atoms with Crippen molar-refractivity contribution in [3.05, 3.63) is 215 Å². The lowest BCUT2D eigenvalue weighted by Crippen LogP contribution is -2.15. The minimum absolute atomic E-state index is 0.116. The first-order chi connectivity index (χ1) is 27.0. The normalized spacial score (nSPS) is 15.8. The van der Waals surface area contributed by atoms with Crippen molar-refractivity contribution in [3.63, 3.8) is 0 Å². The summed E-state index contributed by atoms with van der Waals surface area (Å²) in [5.74, 6) is 0. The minimum atomic E-state index is -0.116. The first-order valence-electron chi connectivity index (χ1n) is 19.6. The highest BCUT2D eigenvalue weighted by Crippen LogP contribution is 2.51. The molecule has 0 N–H and O–H groups in total. The summed E-state index contributed by atoms with van der Waals surface area (Å²) in [6, 6.07) is 41.4. The maximum absolute atomic E-state index is 4.94. The van der Waals surface area contributed by atoms with E-state index in [4.69, 9.17) is 12.6 Å². The molecule has 0 amide bonds. The summed E-state index contributed by atoms with van der Waals surface area (Å²) in [6.07, 6.45) is 16.4. The zero-order valence-electron chi connectivity index (χ0n) is 34.1. The molecule has 0 fully saturated rings. The van der Waals surface area contributed by atoms with E-state index >= 15 is 0 Å². The van der Waals surface area contributed by atoms with E-state index in [0.717, 1.165) is 44.5 Å². The van der Waals surface area contributed by atoms with Gasteiger partial charge in [0.2, 0.25) is 0 Å². The van der Waals surface area contributed by atoms with Crippen LogP contribution >= 0.6 is 12.6 Å². The van der Waals surface area contributed by atoms with Crippen molar-refractivity contribution in [2.75, 3.05) is 0 Å². The number of hydrogen-bond donors (Lipinski definition) is 1. The third kappa shape index (κ3) is 8.30. The van der Waals surface area contributed by atoms with Crippen LogP contribution in [0.25, 0.3) is 49.4 Å². The fourth-order valence-electron chi connectivity index (χ4n) is 8.08. The summed E-state index contributed by atoms with van der Waals surface area (Å²) in [4.78, 5) is 0.997. The standard InChI is InChI=1S/C55H54S/c1-10-22-37(4)38(5)31-39(6)45-25-18-13-14-19-26-46(48-28-21-20-27-47(45)48)40(7)32-41(11-2)29-30-49-51-34-43-33-50(42-23-16-15-17-24-42)54(56)36-44(43)35-53(51)55(8,9)52(49)12-3/h10-28,30-36,56H,4,6,29H2,1-3,5,7-9H3/b14-13?,18-13?,19-14?,22-10-,25-18?,26-19?,38-31-,40-32+,41-11-,45-25?,46-26?,47-45?,48-46?,49-30-,52-12+. The maximum atomic E-state index is 4.94. The van der Waals surface area contributed by atoms with Gasteiger partial charge >= 0.3 is 0 Å². The second kappa shape index (κ2) is 17.4. The number of rotatable bonds is 9. The predicted molar refractivity (Wildman–Crippen MR) is 252 cm³/mol. The average Bonchev–Trinajstić information content (AvgIpc) is 3.40. The maximum Gasteiger partial charge on any atom is 0.0155 e. The van der Waals surface area contributed by atoms with Crippen LogP contribution in [0.5, 0.6) is 0 Å². The molecule has 6 rings (SSSR count). The zero-order valence-corrected chi connectivity index (χ0v) is 35.0. The fourth-order valence-corrected chi connectivity index (χ4v) is 8.41. The Bertz CT molecular complexity index is 2590. The molecule has 280 valence electrons. The van der Waals surface area contributed by atoms with Gasteiger partial charge in [-0.05, 0) is 159 Å². The van der Waals surface area contributed by atoms with Gasteiger partial charge in [0.05, 0.1) is 0 Å². The van der Waals surface area contributed by atoms with Gasteiger partial charge < -0.3 is 0 Å². The summed E-state index contributed by atoms with van der Waals surface area (Å²) in [7, 11) is 0. The van der Waals surface area contributed by atoms with Crippen LogP contribution in [0.2, 0.25) is 0 Å². The van der Waals surface area contributed by atoms with Crippen molar-refractivity contribution >= 4 is 50.9 Å². The molecular formula is C55H54S. The molecule has 1 heteroatoms. The van der Waals surface area contributed by atoms with Gasteiger partial charge in [-0.3, -0.25) is 0 Å². The Morgan fingerprint density at radius 1 is 0.696 bits per heavy atom. The molecule has 0 nitrogen and oxygen atoms in total. The molecule has 0 bridgehead atoms. The molecule has 1 aliphatic rings. The molecular weight excluding hydrogens is 693 g/mol. The molecule has 0 aromatic heterocycles. The van der Waals surface area contributed by atoms with E-state index in [-0.39, 0.29) is 5.41 Å². The van der Waals surface area contributed by atoms with E-state index in [2.05, 4.69) is 200 Å². The average molecular weight is 747 g/mol. The highest BCUT2D eigenvalue weighted by atomic mass is 32.1. The molecule has 56 heavy (non-hydrogen) atoms. The molecule has 5 aromatic carbocycles. The Kier molecular flexibility index (Phi) is 12.5. The van der Waals surface area contributed by atoms with E-state index in [1.807, 2.05) is 19.1 Å². The molecule has 0 unspecified atom stereocenters. The van der Waals surface area contributed by atoms with Gasteiger partial charge in [-0.2, -0.15) is 0 Å². The highest BCUT2D eigenvalue weighted by molar-refractivity contribution is 7.80. The van der Waals surface area contributed by atoms with Gasteiger partial charge in [-0.15, -0.1) is 12.6 Å². The lowest BCUT2D eigenvalue weighted by molar-refractivity contribution is 0.660. The minimum Gasteiger partial charge on any atom is -0.143 e. The second-order valence-electron chi connectivity index (χ2n) is 15.2. The fraction of sp³-hybridized carbons (Fsp3) is 0.164. The van der Waals surface area contributed by atoms with E-state index in [1.54, 1.807) is 0 Å². The summed E-state index contributed by atoms with van der Waals surface area (Å²) in [5.41, 5.74) is 15.4. The molecule has 0 saturated heterocycles. The summed E-state index contributed by atoms with van der Waals surface area (Å²) < 4.78 is 0. The second-order valence-corrected chi connectivity index (χ2v) is 15.7. The lowest BCUT2D eigenvalue weighted by atomic mass is 9.81. The van der Waals surface area contributed by atoms with Crippen LogP contribution in [0, 0.1) is 0 Å². The van der Waals surface area contributed by atoms with Crippen molar-refractivity contribution < 1.29 is 0 Å². The number of hydrogen-bond acceptors (Lipinski definition) is 1. The summed E-state index contributed by atoms with van der Waals surface area (Å²) >= 11 is 4.94. The van der Waals surface area contributed by atoms with Crippen molar-refractivity contribution in [2.45, 2.75) is 65.2 Å². The van der Waals surface area contributed by atoms with Crippen LogP contribution in [0.4, 0.5) is 0 Å². The smallest absolute Gasteiger partial charge is 0.0155 e. The largest absolute Gasteiger partial charge is 0.143 e. The molecule has 0 heterocycles. The van der Waals surface area contributed by atoms with Crippen molar-refractivity contribution in [2.24, 2.45) is 0 Å². The molecule has 5 aromatic rings. The Morgan fingerprint density at radius 3 is 1.95 bits per heavy atom.